The van der Waals surface area contributed by atoms with E-state index < -0.39 is 6.10 Å². The van der Waals surface area contributed by atoms with Gasteiger partial charge in [-0.15, -0.1) is 0 Å². The van der Waals surface area contributed by atoms with Gasteiger partial charge in [-0.25, -0.2) is 5.84 Å². The molecule has 1 aliphatic carbocycles. The Bertz CT molecular complexity index is 267. The van der Waals surface area contributed by atoms with E-state index in [0.29, 0.717) is 6.61 Å². The first-order valence-electron chi connectivity index (χ1n) is 7.03. The molecule has 0 spiro atoms. The van der Waals surface area contributed by atoms with Crippen LogP contribution in [0.1, 0.15) is 44.9 Å². The number of ether oxygens (including phenoxy) is 2. The Balaban J connectivity index is 1.58. The molecule has 104 valence electrons. The molecule has 1 heterocycles. The molecule has 3 N–H and O–H groups in total. The summed E-state index contributed by atoms with van der Waals surface area (Å²) >= 11 is 0. The topological polar surface area (TPSA) is 73.6 Å². The van der Waals surface area contributed by atoms with Crippen molar-refractivity contribution in [1.82, 2.24) is 5.43 Å². The molecule has 2 aliphatic rings. The molecule has 5 heteroatoms. The summed E-state index contributed by atoms with van der Waals surface area (Å²) in [6, 6.07) is 0. The van der Waals surface area contributed by atoms with Crippen LogP contribution in [0.2, 0.25) is 0 Å². The van der Waals surface area contributed by atoms with Crippen LogP contribution in [-0.2, 0) is 14.3 Å². The SMILES string of the molecule is NNC(=O)C1CCC(COCC2CCCCC2)O1. The predicted molar refractivity (Wildman–Crippen MR) is 67.6 cm³/mol. The molecule has 1 aliphatic heterocycles. The van der Waals surface area contributed by atoms with E-state index in [4.69, 9.17) is 15.3 Å². The van der Waals surface area contributed by atoms with Crippen LogP contribution < -0.4 is 11.3 Å². The molecule has 1 saturated carbocycles. The highest BCUT2D eigenvalue weighted by atomic mass is 16.5. The molecule has 0 aromatic heterocycles. The molecule has 0 aromatic rings. The van der Waals surface area contributed by atoms with Gasteiger partial charge in [-0.2, -0.15) is 0 Å². The van der Waals surface area contributed by atoms with Crippen LogP contribution in [0.25, 0.3) is 0 Å². The molecule has 18 heavy (non-hydrogen) atoms. The fraction of sp³-hybridized carbons (Fsp3) is 0.923. The lowest BCUT2D eigenvalue weighted by Crippen LogP contribution is -2.39. The number of amides is 1. The summed E-state index contributed by atoms with van der Waals surface area (Å²) in [5.41, 5.74) is 2.13. The van der Waals surface area contributed by atoms with E-state index in [2.05, 4.69) is 5.43 Å². The third-order valence-electron chi connectivity index (χ3n) is 3.92. The average molecular weight is 256 g/mol. The Kier molecular flexibility index (Phi) is 5.41. The lowest BCUT2D eigenvalue weighted by molar-refractivity contribution is -0.133. The molecule has 0 bridgehead atoms. The maximum atomic E-state index is 11.3. The van der Waals surface area contributed by atoms with Crippen LogP contribution in [0.5, 0.6) is 0 Å². The Morgan fingerprint density at radius 3 is 2.67 bits per heavy atom. The van der Waals surface area contributed by atoms with Gasteiger partial charge in [0.1, 0.15) is 6.10 Å². The molecule has 5 nitrogen and oxygen atoms in total. The summed E-state index contributed by atoms with van der Waals surface area (Å²) < 4.78 is 11.3. The van der Waals surface area contributed by atoms with Crippen molar-refractivity contribution >= 4 is 5.91 Å². The third-order valence-corrected chi connectivity index (χ3v) is 3.92. The molecule has 2 atom stereocenters. The van der Waals surface area contributed by atoms with Gasteiger partial charge in [0.05, 0.1) is 12.7 Å². The highest BCUT2D eigenvalue weighted by molar-refractivity contribution is 5.80. The van der Waals surface area contributed by atoms with E-state index in [1.807, 2.05) is 0 Å². The minimum Gasteiger partial charge on any atom is -0.378 e. The van der Waals surface area contributed by atoms with E-state index in [1.165, 1.54) is 32.1 Å². The second-order valence-corrected chi connectivity index (χ2v) is 5.37. The molecular formula is C13H24N2O3. The minimum atomic E-state index is -0.390. The average Bonchev–Trinajstić information content (AvgIpc) is 2.88. The Morgan fingerprint density at radius 1 is 1.17 bits per heavy atom. The monoisotopic (exact) mass is 256 g/mol. The summed E-state index contributed by atoms with van der Waals surface area (Å²) in [6.07, 6.45) is 7.92. The van der Waals surface area contributed by atoms with Crippen LogP contribution in [0.15, 0.2) is 0 Å². The number of carbonyl (C=O) groups is 1. The number of hydrazine groups is 1. The molecule has 2 rings (SSSR count). The Labute approximate surface area is 108 Å². The van der Waals surface area contributed by atoms with Crippen molar-refractivity contribution in [2.24, 2.45) is 11.8 Å². The summed E-state index contributed by atoms with van der Waals surface area (Å²) in [7, 11) is 0. The van der Waals surface area contributed by atoms with E-state index in [1.54, 1.807) is 0 Å². The standard InChI is InChI=1S/C13H24N2O3/c14-15-13(16)12-7-6-11(18-12)9-17-8-10-4-2-1-3-5-10/h10-12H,1-9,14H2,(H,15,16). The van der Waals surface area contributed by atoms with E-state index in [0.717, 1.165) is 25.4 Å². The van der Waals surface area contributed by atoms with Crippen molar-refractivity contribution in [3.05, 3.63) is 0 Å². The second-order valence-electron chi connectivity index (χ2n) is 5.37. The lowest BCUT2D eigenvalue weighted by atomic mass is 9.90. The van der Waals surface area contributed by atoms with Gasteiger partial charge in [-0.3, -0.25) is 10.2 Å². The first kappa shape index (κ1) is 13.8. The molecule has 0 radical (unpaired) electrons. The zero-order valence-electron chi connectivity index (χ0n) is 10.9. The number of hydrogen-bond donors (Lipinski definition) is 2. The van der Waals surface area contributed by atoms with Crippen LogP contribution in [0.3, 0.4) is 0 Å². The fourth-order valence-corrected chi connectivity index (χ4v) is 2.83. The first-order chi connectivity index (χ1) is 8.79. The quantitative estimate of drug-likeness (QED) is 0.439. The Hall–Kier alpha value is -0.650. The van der Waals surface area contributed by atoms with Crippen molar-refractivity contribution in [2.75, 3.05) is 13.2 Å². The van der Waals surface area contributed by atoms with E-state index in [9.17, 15) is 4.79 Å². The van der Waals surface area contributed by atoms with Crippen molar-refractivity contribution in [3.8, 4) is 0 Å². The van der Waals surface area contributed by atoms with Gasteiger partial charge in [0.2, 0.25) is 0 Å². The third kappa shape index (κ3) is 3.93. The van der Waals surface area contributed by atoms with Crippen molar-refractivity contribution in [3.63, 3.8) is 0 Å². The number of carbonyl (C=O) groups excluding carboxylic acids is 1. The fourth-order valence-electron chi connectivity index (χ4n) is 2.83. The molecule has 1 amide bonds. The normalized spacial score (nSPS) is 29.4. The zero-order valence-corrected chi connectivity index (χ0v) is 10.9. The summed E-state index contributed by atoms with van der Waals surface area (Å²) in [6.45, 7) is 1.44. The Morgan fingerprint density at radius 2 is 1.94 bits per heavy atom. The van der Waals surface area contributed by atoms with Gasteiger partial charge in [-0.05, 0) is 31.6 Å². The van der Waals surface area contributed by atoms with Gasteiger partial charge in [0, 0.05) is 6.61 Å². The molecule has 1 saturated heterocycles. The lowest BCUT2D eigenvalue weighted by Gasteiger charge is -2.22. The highest BCUT2D eigenvalue weighted by Crippen LogP contribution is 2.24. The number of nitrogens with two attached hydrogens (primary N) is 1. The van der Waals surface area contributed by atoms with Gasteiger partial charge in [0.15, 0.2) is 0 Å². The number of nitrogens with one attached hydrogen (secondary N) is 1. The van der Waals surface area contributed by atoms with Crippen LogP contribution in [0, 0.1) is 5.92 Å². The van der Waals surface area contributed by atoms with E-state index >= 15 is 0 Å². The molecule has 0 aromatic carbocycles. The smallest absolute Gasteiger partial charge is 0.263 e. The van der Waals surface area contributed by atoms with Crippen molar-refractivity contribution in [2.45, 2.75) is 57.2 Å². The minimum absolute atomic E-state index is 0.0518. The van der Waals surface area contributed by atoms with Crippen molar-refractivity contribution in [1.29, 1.82) is 0 Å². The second kappa shape index (κ2) is 7.07. The van der Waals surface area contributed by atoms with Crippen molar-refractivity contribution < 1.29 is 14.3 Å². The maximum absolute atomic E-state index is 11.3. The van der Waals surface area contributed by atoms with Gasteiger partial charge in [0.25, 0.3) is 5.91 Å². The predicted octanol–water partition coefficient (Wildman–Crippen LogP) is 1.12. The van der Waals surface area contributed by atoms with Gasteiger partial charge in [-0.1, -0.05) is 19.3 Å². The molecule has 2 unspecified atom stereocenters. The summed E-state index contributed by atoms with van der Waals surface area (Å²) in [5.74, 6) is 5.58. The largest absolute Gasteiger partial charge is 0.378 e. The molecule has 2 fully saturated rings. The van der Waals surface area contributed by atoms with Gasteiger partial charge >= 0.3 is 0 Å². The highest BCUT2D eigenvalue weighted by Gasteiger charge is 2.30. The zero-order chi connectivity index (χ0) is 12.8. The van der Waals surface area contributed by atoms with Gasteiger partial charge < -0.3 is 9.47 Å². The summed E-state index contributed by atoms with van der Waals surface area (Å²) in [5, 5.41) is 0. The van der Waals surface area contributed by atoms with E-state index in [-0.39, 0.29) is 12.0 Å². The molecular weight excluding hydrogens is 232 g/mol. The summed E-state index contributed by atoms with van der Waals surface area (Å²) in [4.78, 5) is 11.3. The number of hydrogen-bond acceptors (Lipinski definition) is 4. The van der Waals surface area contributed by atoms with Crippen LogP contribution >= 0.6 is 0 Å². The van der Waals surface area contributed by atoms with Crippen LogP contribution in [-0.4, -0.2) is 31.3 Å². The maximum Gasteiger partial charge on any atom is 0.263 e. The first-order valence-corrected chi connectivity index (χ1v) is 7.03. The van der Waals surface area contributed by atoms with Crippen LogP contribution in [0.4, 0.5) is 0 Å². The number of rotatable bonds is 5.